The zero-order valence-corrected chi connectivity index (χ0v) is 31.1. The molecular weight excluding hydrogens is 702 g/mol. The maximum absolute atomic E-state index is 14.4. The summed E-state index contributed by atoms with van der Waals surface area (Å²) >= 11 is 0. The van der Waals surface area contributed by atoms with Crippen LogP contribution in [0.5, 0.6) is 5.75 Å². The summed E-state index contributed by atoms with van der Waals surface area (Å²) in [6.45, 7) is 4.63. The lowest BCUT2D eigenvalue weighted by Gasteiger charge is -2.29. The summed E-state index contributed by atoms with van der Waals surface area (Å²) < 4.78 is 7.74. The molecule has 4 N–H and O–H groups in total. The highest BCUT2D eigenvalue weighted by Crippen LogP contribution is 2.32. The van der Waals surface area contributed by atoms with Crippen molar-refractivity contribution in [3.8, 4) is 5.75 Å². The van der Waals surface area contributed by atoms with Crippen molar-refractivity contribution in [3.05, 3.63) is 101 Å². The van der Waals surface area contributed by atoms with Crippen molar-refractivity contribution in [2.75, 3.05) is 32.8 Å². The number of aromatic nitrogens is 4. The Bertz CT molecular complexity index is 2010. The number of likely N-dealkylation sites (tertiary alicyclic amines) is 1. The fourth-order valence-corrected chi connectivity index (χ4v) is 7.46. The number of hydrogen-bond acceptors (Lipinski definition) is 8. The number of ether oxygens (including phenoxy) is 1. The zero-order chi connectivity index (χ0) is 38.5. The average molecular weight is 750 g/mol. The second-order valence-electron chi connectivity index (χ2n) is 14.6. The lowest BCUT2D eigenvalue weighted by Crippen LogP contribution is -2.56. The van der Waals surface area contributed by atoms with Gasteiger partial charge >= 0.3 is 0 Å². The summed E-state index contributed by atoms with van der Waals surface area (Å²) in [7, 11) is 0. The number of nitrogens with zero attached hydrogens (tertiary/aromatic N) is 5. The highest BCUT2D eigenvalue weighted by atomic mass is 16.5. The van der Waals surface area contributed by atoms with E-state index in [1.807, 2.05) is 56.3 Å². The maximum atomic E-state index is 14.4. The SMILES string of the molecule is CCn1ncc(C(=O)N2C[C@@H]3NC(=O)[C@H](Cc4ccccc4)NC(=O)CN(CC4CC4)C(=O)[C@H](Cc4cnc[nH]4)NC(=O)COc4cccc(c4)[C@H]3C2)c1C. The van der Waals surface area contributed by atoms with E-state index in [0.717, 1.165) is 29.7 Å². The van der Waals surface area contributed by atoms with Crippen LogP contribution in [-0.4, -0.2) is 110 Å². The van der Waals surface area contributed by atoms with Gasteiger partial charge in [0.25, 0.3) is 11.8 Å². The first-order valence-corrected chi connectivity index (χ1v) is 18.9. The van der Waals surface area contributed by atoms with Crippen LogP contribution in [-0.2, 0) is 38.6 Å². The monoisotopic (exact) mass is 749 g/mol. The summed E-state index contributed by atoms with van der Waals surface area (Å²) in [5.41, 5.74) is 3.53. The lowest BCUT2D eigenvalue weighted by atomic mass is 9.93. The number of hydrogen-bond donors (Lipinski definition) is 4. The van der Waals surface area contributed by atoms with Crippen molar-refractivity contribution in [1.82, 2.24) is 45.5 Å². The second-order valence-corrected chi connectivity index (χ2v) is 14.6. The molecule has 4 atom stereocenters. The van der Waals surface area contributed by atoms with Crippen LogP contribution >= 0.6 is 0 Å². The molecule has 5 amide bonds. The Labute approximate surface area is 319 Å². The van der Waals surface area contributed by atoms with Gasteiger partial charge in [-0.2, -0.15) is 5.10 Å². The van der Waals surface area contributed by atoms with Crippen molar-refractivity contribution in [1.29, 1.82) is 0 Å². The molecule has 1 saturated heterocycles. The third kappa shape index (κ3) is 9.04. The number of aromatic amines is 1. The van der Waals surface area contributed by atoms with Gasteiger partial charge in [-0.25, -0.2) is 4.98 Å². The predicted octanol–water partition coefficient (Wildman–Crippen LogP) is 1.74. The maximum Gasteiger partial charge on any atom is 0.258 e. The van der Waals surface area contributed by atoms with Gasteiger partial charge in [-0.05, 0) is 55.9 Å². The normalized spacial score (nSPS) is 22.5. The third-order valence-corrected chi connectivity index (χ3v) is 10.6. The molecule has 7 rings (SSSR count). The van der Waals surface area contributed by atoms with E-state index in [-0.39, 0.29) is 50.3 Å². The Hall–Kier alpha value is -5.99. The van der Waals surface area contributed by atoms with Crippen molar-refractivity contribution in [3.63, 3.8) is 0 Å². The Kier molecular flexibility index (Phi) is 11.2. The van der Waals surface area contributed by atoms with Crippen LogP contribution in [0.4, 0.5) is 0 Å². The zero-order valence-electron chi connectivity index (χ0n) is 31.1. The molecule has 1 aliphatic carbocycles. The number of nitrogens with one attached hydrogen (secondary N) is 4. The van der Waals surface area contributed by atoms with Crippen molar-refractivity contribution >= 4 is 29.5 Å². The molecule has 15 nitrogen and oxygen atoms in total. The number of aryl methyl sites for hydroxylation is 1. The van der Waals surface area contributed by atoms with Crippen LogP contribution in [0.25, 0.3) is 0 Å². The molecular formula is C40H47N9O6. The minimum atomic E-state index is -1.01. The van der Waals surface area contributed by atoms with Gasteiger partial charge in [0, 0.05) is 62.5 Å². The van der Waals surface area contributed by atoms with Gasteiger partial charge in [0.15, 0.2) is 6.61 Å². The van der Waals surface area contributed by atoms with Gasteiger partial charge in [-0.1, -0.05) is 42.5 Å². The molecule has 288 valence electrons. The molecule has 2 fully saturated rings. The van der Waals surface area contributed by atoms with E-state index < -0.39 is 41.8 Å². The molecule has 2 aliphatic heterocycles. The molecule has 2 aromatic carbocycles. The molecule has 4 aromatic rings. The first kappa shape index (κ1) is 37.3. The Morgan fingerprint density at radius 1 is 0.909 bits per heavy atom. The van der Waals surface area contributed by atoms with Crippen molar-refractivity contribution in [2.45, 2.75) is 70.1 Å². The molecule has 2 aromatic heterocycles. The molecule has 15 heteroatoms. The number of fused-ring (bicyclic) bond motifs is 4. The highest BCUT2D eigenvalue weighted by Gasteiger charge is 2.40. The standard InChI is InChI=1S/C40H47N9O6/c1-3-49-25(2)31(18-43-49)39(53)48-20-32-28-10-7-11-30(15-28)55-23-37(51)45-34(16-29-17-41-24-42-29)40(54)47(19-27-12-13-27)22-36(50)44-33(38(52)46-35(32)21-48)14-26-8-5-4-6-9-26/h4-11,15,17-18,24,27,32-35H,3,12-14,16,19-23H2,1-2H3,(H,41,42)(H,44,50)(H,45,51)(H,46,52)/t32-,33+,34+,35+/m1/s1. The minimum absolute atomic E-state index is 0.124. The number of H-pyrrole nitrogens is 1. The number of amides is 5. The van der Waals surface area contributed by atoms with Crippen LogP contribution in [0.3, 0.4) is 0 Å². The largest absolute Gasteiger partial charge is 0.484 e. The van der Waals surface area contributed by atoms with E-state index in [1.165, 1.54) is 11.2 Å². The molecule has 0 unspecified atom stereocenters. The van der Waals surface area contributed by atoms with Crippen molar-refractivity contribution in [2.24, 2.45) is 5.92 Å². The molecule has 55 heavy (non-hydrogen) atoms. The fourth-order valence-electron chi connectivity index (χ4n) is 7.46. The van der Waals surface area contributed by atoms with E-state index in [0.29, 0.717) is 36.6 Å². The number of imidazole rings is 1. The summed E-state index contributed by atoms with van der Waals surface area (Å²) in [4.78, 5) is 80.0. The second kappa shape index (κ2) is 16.6. The molecule has 4 heterocycles. The summed E-state index contributed by atoms with van der Waals surface area (Å²) in [6, 6.07) is 14.1. The molecule has 0 radical (unpaired) electrons. The number of carbonyl (C=O) groups is 5. The first-order valence-electron chi connectivity index (χ1n) is 18.9. The summed E-state index contributed by atoms with van der Waals surface area (Å²) in [5, 5.41) is 13.3. The lowest BCUT2D eigenvalue weighted by molar-refractivity contribution is -0.140. The van der Waals surface area contributed by atoms with E-state index in [4.69, 9.17) is 4.74 Å². The predicted molar refractivity (Wildman–Crippen MR) is 201 cm³/mol. The molecule has 2 bridgehead atoms. The molecule has 3 aliphatic rings. The van der Waals surface area contributed by atoms with Gasteiger partial charge < -0.3 is 35.5 Å². The van der Waals surface area contributed by atoms with Gasteiger partial charge in [0.1, 0.15) is 17.8 Å². The molecule has 1 saturated carbocycles. The highest BCUT2D eigenvalue weighted by molar-refractivity contribution is 5.96. The fraction of sp³-hybridized carbons (Fsp3) is 0.425. The number of rotatable bonds is 8. The number of carbonyl (C=O) groups excluding carboxylic acids is 5. The van der Waals surface area contributed by atoms with E-state index in [2.05, 4.69) is 31.0 Å². The van der Waals surface area contributed by atoms with E-state index in [1.54, 1.807) is 34.1 Å². The quantitative estimate of drug-likeness (QED) is 0.210. The summed E-state index contributed by atoms with van der Waals surface area (Å²) in [5.74, 6) is -1.72. The Morgan fingerprint density at radius 3 is 2.44 bits per heavy atom. The summed E-state index contributed by atoms with van der Waals surface area (Å²) in [6.07, 6.45) is 6.84. The van der Waals surface area contributed by atoms with Crippen molar-refractivity contribution < 1.29 is 28.7 Å². The van der Waals surface area contributed by atoms with Crippen LogP contribution < -0.4 is 20.7 Å². The van der Waals surface area contributed by atoms with Gasteiger partial charge in [-0.15, -0.1) is 0 Å². The Morgan fingerprint density at radius 2 is 1.71 bits per heavy atom. The number of benzene rings is 2. The first-order chi connectivity index (χ1) is 26.6. The van der Waals surface area contributed by atoms with Gasteiger partial charge in [0.2, 0.25) is 17.7 Å². The van der Waals surface area contributed by atoms with Crippen LogP contribution in [0.15, 0.2) is 73.3 Å². The smallest absolute Gasteiger partial charge is 0.258 e. The van der Waals surface area contributed by atoms with E-state index >= 15 is 0 Å². The van der Waals surface area contributed by atoms with Crippen LogP contribution in [0, 0.1) is 12.8 Å². The van der Waals surface area contributed by atoms with E-state index in [9.17, 15) is 24.0 Å². The average Bonchev–Trinajstić information content (AvgIpc) is 3.50. The third-order valence-electron chi connectivity index (χ3n) is 10.6. The van der Waals surface area contributed by atoms with Crippen LogP contribution in [0.1, 0.15) is 58.6 Å². The van der Waals surface area contributed by atoms with Gasteiger partial charge in [0.05, 0.1) is 30.7 Å². The minimum Gasteiger partial charge on any atom is -0.484 e. The topological polar surface area (TPSA) is 184 Å². The van der Waals surface area contributed by atoms with Gasteiger partial charge in [-0.3, -0.25) is 28.7 Å². The Balaban J connectivity index is 1.22. The van der Waals surface area contributed by atoms with Crippen LogP contribution in [0.2, 0.25) is 0 Å². The molecule has 0 spiro atoms.